The molecule has 2 heterocycles. The van der Waals surface area contributed by atoms with Crippen molar-refractivity contribution in [3.05, 3.63) is 198 Å². The summed E-state index contributed by atoms with van der Waals surface area (Å²) in [6.45, 7) is 9.48. The van der Waals surface area contributed by atoms with Gasteiger partial charge in [-0.25, -0.2) is 0 Å². The molecule has 7 aromatic carbocycles. The van der Waals surface area contributed by atoms with Crippen LogP contribution in [0.25, 0.3) is 60.9 Å². The molecule has 56 heavy (non-hydrogen) atoms. The summed E-state index contributed by atoms with van der Waals surface area (Å²) in [5.41, 5.74) is 19.7. The van der Waals surface area contributed by atoms with Gasteiger partial charge in [0.1, 0.15) is 0 Å². The molecule has 2 aromatic heterocycles. The summed E-state index contributed by atoms with van der Waals surface area (Å²) in [7, 11) is 0. The highest BCUT2D eigenvalue weighted by Crippen LogP contribution is 2.54. The van der Waals surface area contributed by atoms with E-state index >= 15 is 0 Å². The molecular formula is C53H41N3. The van der Waals surface area contributed by atoms with Crippen LogP contribution in [0.15, 0.2) is 176 Å². The van der Waals surface area contributed by atoms with Gasteiger partial charge < -0.3 is 9.47 Å². The number of para-hydroxylation sites is 2. The minimum atomic E-state index is -0.195. The lowest BCUT2D eigenvalue weighted by atomic mass is 9.81. The summed E-state index contributed by atoms with van der Waals surface area (Å²) < 4.78 is 2.39. The molecule has 9 aromatic rings. The van der Waals surface area contributed by atoms with Crippen molar-refractivity contribution >= 4 is 38.9 Å². The first kappa shape index (κ1) is 32.7. The van der Waals surface area contributed by atoms with Crippen LogP contribution in [0, 0.1) is 0 Å². The van der Waals surface area contributed by atoms with Crippen LogP contribution in [0.1, 0.15) is 49.9 Å². The van der Waals surface area contributed by atoms with Gasteiger partial charge in [-0.1, -0.05) is 119 Å². The molecule has 0 amide bonds. The molecule has 3 nitrogen and oxygen atoms in total. The van der Waals surface area contributed by atoms with Crippen molar-refractivity contribution in [3.8, 4) is 39.1 Å². The lowest BCUT2D eigenvalue weighted by molar-refractivity contribution is 0.660. The van der Waals surface area contributed by atoms with Crippen LogP contribution in [0.3, 0.4) is 0 Å². The fourth-order valence-corrected chi connectivity index (χ4v) is 9.81. The number of hydrogen-bond acceptors (Lipinski definition) is 2. The molecule has 3 heteroatoms. The molecule has 0 N–H and O–H groups in total. The predicted molar refractivity (Wildman–Crippen MR) is 234 cm³/mol. The van der Waals surface area contributed by atoms with Crippen LogP contribution in [0.4, 0.5) is 17.1 Å². The Hall–Kier alpha value is -6.71. The molecule has 0 bridgehead atoms. The van der Waals surface area contributed by atoms with Crippen LogP contribution >= 0.6 is 0 Å². The maximum Gasteiger partial charge on any atom is 0.0542 e. The number of rotatable bonds is 5. The van der Waals surface area contributed by atoms with Gasteiger partial charge in [-0.3, -0.25) is 4.98 Å². The molecule has 0 saturated carbocycles. The standard InChI is InChI=1S/C53H41N3/c1-52(2)46-18-10-8-16-40(46)42-25-21-38(31-48(42)52)55(37-23-27-51-45(30-37)44-17-9-11-19-50(44)56(51)36-14-6-5-7-15-36)39-22-26-43-41-24-20-34(35-13-12-28-54-33-35)29-47(41)53(3,4)49(43)32-39/h5-33H,1-4H3. The largest absolute Gasteiger partial charge is 0.310 e. The van der Waals surface area contributed by atoms with E-state index < -0.39 is 0 Å². The molecule has 268 valence electrons. The van der Waals surface area contributed by atoms with Gasteiger partial charge in [-0.2, -0.15) is 0 Å². The second kappa shape index (κ2) is 11.9. The van der Waals surface area contributed by atoms with E-state index in [0.29, 0.717) is 0 Å². The van der Waals surface area contributed by atoms with E-state index in [0.717, 1.165) is 28.3 Å². The minimum Gasteiger partial charge on any atom is -0.310 e. The predicted octanol–water partition coefficient (Wildman–Crippen LogP) is 13.9. The molecule has 0 fully saturated rings. The van der Waals surface area contributed by atoms with E-state index in [-0.39, 0.29) is 10.8 Å². The third-order valence-electron chi connectivity index (χ3n) is 12.7. The Morgan fingerprint density at radius 2 is 1.00 bits per heavy atom. The van der Waals surface area contributed by atoms with Gasteiger partial charge in [-0.05, 0) is 128 Å². The maximum absolute atomic E-state index is 4.41. The Kier molecular flexibility index (Phi) is 6.94. The maximum atomic E-state index is 4.41. The molecule has 2 aliphatic rings. The molecule has 0 saturated heterocycles. The minimum absolute atomic E-state index is 0.117. The topological polar surface area (TPSA) is 21.1 Å². The van der Waals surface area contributed by atoms with Gasteiger partial charge in [-0.15, -0.1) is 0 Å². The zero-order valence-electron chi connectivity index (χ0n) is 32.1. The van der Waals surface area contributed by atoms with Gasteiger partial charge in [0.25, 0.3) is 0 Å². The van der Waals surface area contributed by atoms with Crippen LogP contribution < -0.4 is 4.90 Å². The number of hydrogen-bond donors (Lipinski definition) is 0. The van der Waals surface area contributed by atoms with Gasteiger partial charge in [0.05, 0.1) is 11.0 Å². The van der Waals surface area contributed by atoms with Crippen LogP contribution in [0.5, 0.6) is 0 Å². The second-order valence-corrected chi connectivity index (χ2v) is 16.5. The zero-order valence-corrected chi connectivity index (χ0v) is 32.1. The summed E-state index contributed by atoms with van der Waals surface area (Å²) in [4.78, 5) is 6.89. The van der Waals surface area contributed by atoms with Crippen LogP contribution in [-0.2, 0) is 10.8 Å². The smallest absolute Gasteiger partial charge is 0.0542 e. The molecule has 0 aliphatic heterocycles. The fraction of sp³-hybridized carbons (Fsp3) is 0.113. The molecule has 0 spiro atoms. The summed E-state index contributed by atoms with van der Waals surface area (Å²) in [6, 6.07) is 60.7. The van der Waals surface area contributed by atoms with Crippen LogP contribution in [0.2, 0.25) is 0 Å². The number of pyridine rings is 1. The van der Waals surface area contributed by atoms with Crippen molar-refractivity contribution in [2.75, 3.05) is 4.90 Å². The number of anilines is 3. The van der Waals surface area contributed by atoms with E-state index in [1.807, 2.05) is 18.5 Å². The normalized spacial score (nSPS) is 14.4. The lowest BCUT2D eigenvalue weighted by Gasteiger charge is -2.30. The Balaban J connectivity index is 1.11. The van der Waals surface area contributed by atoms with Crippen molar-refractivity contribution in [3.63, 3.8) is 0 Å². The number of benzene rings is 7. The molecule has 0 radical (unpaired) electrons. The van der Waals surface area contributed by atoms with Gasteiger partial charge in [0.2, 0.25) is 0 Å². The molecule has 0 unspecified atom stereocenters. The van der Waals surface area contributed by atoms with Crippen LogP contribution in [-0.4, -0.2) is 9.55 Å². The Bertz CT molecular complexity index is 3020. The van der Waals surface area contributed by atoms with E-state index in [1.54, 1.807) is 0 Å². The van der Waals surface area contributed by atoms with E-state index in [9.17, 15) is 0 Å². The van der Waals surface area contributed by atoms with E-state index in [2.05, 4.69) is 200 Å². The number of fused-ring (bicyclic) bond motifs is 9. The van der Waals surface area contributed by atoms with Gasteiger partial charge in [0, 0.05) is 56.7 Å². The summed E-state index contributed by atoms with van der Waals surface area (Å²) >= 11 is 0. The lowest BCUT2D eigenvalue weighted by Crippen LogP contribution is -2.18. The number of nitrogens with zero attached hydrogens (tertiary/aromatic N) is 3. The average Bonchev–Trinajstić information content (AvgIpc) is 3.78. The Morgan fingerprint density at radius 1 is 0.429 bits per heavy atom. The summed E-state index contributed by atoms with van der Waals surface area (Å²) in [6.07, 6.45) is 3.79. The fourth-order valence-electron chi connectivity index (χ4n) is 9.81. The third-order valence-corrected chi connectivity index (χ3v) is 12.7. The van der Waals surface area contributed by atoms with Gasteiger partial charge >= 0.3 is 0 Å². The SMILES string of the molecule is CC1(C)c2ccccc2-c2ccc(N(c3ccc4c(c3)C(C)(C)c3cc(-c5cccnc5)ccc3-4)c3ccc4c(c3)c3ccccc3n4-c3ccccc3)cc21. The summed E-state index contributed by atoms with van der Waals surface area (Å²) in [5.74, 6) is 0. The molecule has 0 atom stereocenters. The average molecular weight is 720 g/mol. The zero-order chi connectivity index (χ0) is 37.8. The van der Waals surface area contributed by atoms with Crippen molar-refractivity contribution in [1.82, 2.24) is 9.55 Å². The Labute approximate surface area is 328 Å². The monoisotopic (exact) mass is 719 g/mol. The second-order valence-electron chi connectivity index (χ2n) is 16.5. The van der Waals surface area contributed by atoms with Crippen molar-refractivity contribution in [2.45, 2.75) is 38.5 Å². The Morgan fingerprint density at radius 3 is 1.73 bits per heavy atom. The van der Waals surface area contributed by atoms with Crippen molar-refractivity contribution < 1.29 is 0 Å². The first-order valence-corrected chi connectivity index (χ1v) is 19.6. The molecular weight excluding hydrogens is 679 g/mol. The number of aromatic nitrogens is 2. The van der Waals surface area contributed by atoms with Crippen molar-refractivity contribution in [1.29, 1.82) is 0 Å². The van der Waals surface area contributed by atoms with Crippen molar-refractivity contribution in [2.24, 2.45) is 0 Å². The first-order chi connectivity index (χ1) is 27.3. The highest BCUT2D eigenvalue weighted by atomic mass is 15.1. The summed E-state index contributed by atoms with van der Waals surface area (Å²) in [5, 5.41) is 2.48. The van der Waals surface area contributed by atoms with Gasteiger partial charge in [0.15, 0.2) is 0 Å². The molecule has 2 aliphatic carbocycles. The third kappa shape index (κ3) is 4.67. The molecule has 11 rings (SSSR count). The highest BCUT2D eigenvalue weighted by molar-refractivity contribution is 6.10. The van der Waals surface area contributed by atoms with E-state index in [4.69, 9.17) is 0 Å². The quantitative estimate of drug-likeness (QED) is 0.177. The van der Waals surface area contributed by atoms with E-state index in [1.165, 1.54) is 71.9 Å². The first-order valence-electron chi connectivity index (χ1n) is 19.6. The highest BCUT2D eigenvalue weighted by Gasteiger charge is 2.38.